The number of aromatic nitrogens is 1. The van der Waals surface area contributed by atoms with Gasteiger partial charge in [0.25, 0.3) is 5.91 Å². The summed E-state index contributed by atoms with van der Waals surface area (Å²) in [5.41, 5.74) is 0.637. The molecule has 2 fully saturated rings. The van der Waals surface area contributed by atoms with Crippen LogP contribution < -0.4 is 5.32 Å². The summed E-state index contributed by atoms with van der Waals surface area (Å²) in [5.74, 6) is -0.0397. The maximum absolute atomic E-state index is 12.9. The lowest BCUT2D eigenvalue weighted by atomic mass is 10.0. The van der Waals surface area contributed by atoms with Crippen molar-refractivity contribution in [2.24, 2.45) is 0 Å². The largest absolute Gasteiger partial charge is 0.351 e. The zero-order valence-electron chi connectivity index (χ0n) is 16.8. The van der Waals surface area contributed by atoms with Crippen LogP contribution in [-0.4, -0.2) is 64.2 Å². The number of nitrogens with zero attached hydrogens (tertiary/aromatic N) is 3. The van der Waals surface area contributed by atoms with Gasteiger partial charge in [-0.05, 0) is 49.3 Å². The summed E-state index contributed by atoms with van der Waals surface area (Å²) in [6, 6.07) is 6.99. The van der Waals surface area contributed by atoms with Gasteiger partial charge in [-0.2, -0.15) is 0 Å². The van der Waals surface area contributed by atoms with E-state index >= 15 is 0 Å². The fourth-order valence-corrected chi connectivity index (χ4v) is 4.90. The monoisotopic (exact) mass is 426 g/mol. The van der Waals surface area contributed by atoms with Gasteiger partial charge in [-0.3, -0.25) is 19.4 Å². The average Bonchev–Trinajstić information content (AvgIpc) is 3.46. The second kappa shape index (κ2) is 9.38. The number of pyridine rings is 1. The van der Waals surface area contributed by atoms with E-state index in [9.17, 15) is 14.4 Å². The number of hydrogen-bond donors (Lipinski definition) is 1. The summed E-state index contributed by atoms with van der Waals surface area (Å²) in [6.45, 7) is 1.86. The molecule has 158 valence electrons. The molecule has 2 aliphatic rings. The van der Waals surface area contributed by atoms with Crippen molar-refractivity contribution < 1.29 is 14.4 Å². The van der Waals surface area contributed by atoms with Crippen molar-refractivity contribution in [1.29, 1.82) is 0 Å². The topological polar surface area (TPSA) is 82.6 Å². The molecule has 2 saturated heterocycles. The highest BCUT2D eigenvalue weighted by atomic mass is 32.1. The zero-order valence-corrected chi connectivity index (χ0v) is 17.6. The van der Waals surface area contributed by atoms with Crippen molar-refractivity contribution in [2.75, 3.05) is 19.6 Å². The van der Waals surface area contributed by atoms with Gasteiger partial charge in [0.05, 0.1) is 6.42 Å². The van der Waals surface area contributed by atoms with E-state index in [4.69, 9.17) is 0 Å². The Morgan fingerprint density at radius 2 is 1.83 bits per heavy atom. The Morgan fingerprint density at radius 3 is 2.53 bits per heavy atom. The fraction of sp³-hybridized carbons (Fsp3) is 0.455. The Bertz CT molecular complexity index is 879. The van der Waals surface area contributed by atoms with Gasteiger partial charge in [0.2, 0.25) is 11.8 Å². The quantitative estimate of drug-likeness (QED) is 0.794. The number of carbonyl (C=O) groups is 3. The van der Waals surface area contributed by atoms with Crippen molar-refractivity contribution in [3.63, 3.8) is 0 Å². The number of nitrogens with one attached hydrogen (secondary N) is 1. The van der Waals surface area contributed by atoms with Crippen molar-refractivity contribution in [3.8, 4) is 0 Å². The molecular formula is C22H26N4O3S. The molecule has 7 nitrogen and oxygen atoms in total. The third-order valence-corrected chi connectivity index (χ3v) is 6.71. The molecule has 0 radical (unpaired) electrons. The van der Waals surface area contributed by atoms with Crippen LogP contribution in [0.1, 0.15) is 40.9 Å². The highest BCUT2D eigenvalue weighted by Crippen LogP contribution is 2.21. The van der Waals surface area contributed by atoms with Crippen LogP contribution >= 0.6 is 11.3 Å². The van der Waals surface area contributed by atoms with Gasteiger partial charge in [-0.25, -0.2) is 0 Å². The van der Waals surface area contributed by atoms with E-state index in [1.54, 1.807) is 40.8 Å². The van der Waals surface area contributed by atoms with Gasteiger partial charge in [-0.15, -0.1) is 11.3 Å². The Morgan fingerprint density at radius 1 is 1.07 bits per heavy atom. The van der Waals surface area contributed by atoms with Gasteiger partial charge in [0.1, 0.15) is 6.04 Å². The number of amides is 3. The predicted molar refractivity (Wildman–Crippen MR) is 114 cm³/mol. The molecule has 3 amide bonds. The third kappa shape index (κ3) is 4.70. The predicted octanol–water partition coefficient (Wildman–Crippen LogP) is 2.10. The zero-order chi connectivity index (χ0) is 20.9. The van der Waals surface area contributed by atoms with Crippen LogP contribution in [-0.2, 0) is 16.0 Å². The molecule has 0 bridgehead atoms. The lowest BCUT2D eigenvalue weighted by Crippen LogP contribution is -2.52. The number of hydrogen-bond acceptors (Lipinski definition) is 5. The molecule has 1 atom stereocenters. The first-order valence-electron chi connectivity index (χ1n) is 10.4. The van der Waals surface area contributed by atoms with Gasteiger partial charge >= 0.3 is 0 Å². The van der Waals surface area contributed by atoms with E-state index in [-0.39, 0.29) is 29.8 Å². The highest BCUT2D eigenvalue weighted by molar-refractivity contribution is 7.10. The number of rotatable bonds is 5. The second-order valence-electron chi connectivity index (χ2n) is 7.81. The normalized spacial score (nSPS) is 19.7. The van der Waals surface area contributed by atoms with Crippen LogP contribution in [0.25, 0.3) is 0 Å². The molecule has 0 saturated carbocycles. The van der Waals surface area contributed by atoms with Gasteiger partial charge in [0, 0.05) is 48.5 Å². The molecule has 4 rings (SSSR count). The Kier molecular flexibility index (Phi) is 6.42. The van der Waals surface area contributed by atoms with Crippen LogP contribution in [0.2, 0.25) is 0 Å². The van der Waals surface area contributed by atoms with Crippen molar-refractivity contribution in [2.45, 2.75) is 44.2 Å². The van der Waals surface area contributed by atoms with Gasteiger partial charge in [-0.1, -0.05) is 6.07 Å². The smallest absolute Gasteiger partial charge is 0.253 e. The number of carbonyl (C=O) groups excluding carboxylic acids is 3. The lowest BCUT2D eigenvalue weighted by molar-refractivity contribution is -0.138. The average molecular weight is 427 g/mol. The molecule has 2 aromatic rings. The number of thiophene rings is 1. The molecule has 0 aliphatic carbocycles. The molecule has 8 heteroatoms. The summed E-state index contributed by atoms with van der Waals surface area (Å²) in [4.78, 5) is 46.6. The number of likely N-dealkylation sites (tertiary alicyclic amines) is 2. The fourth-order valence-electron chi connectivity index (χ4n) is 4.20. The van der Waals surface area contributed by atoms with Crippen LogP contribution in [0.5, 0.6) is 0 Å². The van der Waals surface area contributed by atoms with Crippen LogP contribution in [0.3, 0.4) is 0 Å². The van der Waals surface area contributed by atoms with Crippen LogP contribution in [0, 0.1) is 0 Å². The first kappa shape index (κ1) is 20.5. The molecule has 1 N–H and O–H groups in total. The van der Waals surface area contributed by atoms with Gasteiger partial charge in [0.15, 0.2) is 0 Å². The highest BCUT2D eigenvalue weighted by Gasteiger charge is 2.35. The first-order valence-corrected chi connectivity index (χ1v) is 11.3. The van der Waals surface area contributed by atoms with Gasteiger partial charge < -0.3 is 15.1 Å². The molecule has 4 heterocycles. The van der Waals surface area contributed by atoms with E-state index in [0.29, 0.717) is 38.0 Å². The molecule has 2 aromatic heterocycles. The third-order valence-electron chi connectivity index (χ3n) is 5.84. The SMILES string of the molecule is O=C(NC1CCN(C(=O)c2ccncc2)CC1)C1CCCN1C(=O)Cc1cccs1. The van der Waals surface area contributed by atoms with Crippen molar-refractivity contribution in [1.82, 2.24) is 20.1 Å². The molecule has 0 aromatic carbocycles. The summed E-state index contributed by atoms with van der Waals surface area (Å²) in [7, 11) is 0. The van der Waals surface area contributed by atoms with E-state index in [1.165, 1.54) is 0 Å². The minimum atomic E-state index is -0.381. The summed E-state index contributed by atoms with van der Waals surface area (Å²) in [5, 5.41) is 5.09. The summed E-state index contributed by atoms with van der Waals surface area (Å²) < 4.78 is 0. The Balaban J connectivity index is 1.28. The summed E-state index contributed by atoms with van der Waals surface area (Å²) in [6.07, 6.45) is 6.60. The second-order valence-corrected chi connectivity index (χ2v) is 8.84. The Hall–Kier alpha value is -2.74. The summed E-state index contributed by atoms with van der Waals surface area (Å²) >= 11 is 1.57. The number of piperidine rings is 1. The minimum Gasteiger partial charge on any atom is -0.351 e. The molecular weight excluding hydrogens is 400 g/mol. The first-order chi connectivity index (χ1) is 14.6. The van der Waals surface area contributed by atoms with E-state index in [0.717, 1.165) is 24.1 Å². The molecule has 30 heavy (non-hydrogen) atoms. The van der Waals surface area contributed by atoms with Crippen LogP contribution in [0.15, 0.2) is 42.0 Å². The van der Waals surface area contributed by atoms with Crippen molar-refractivity contribution >= 4 is 29.1 Å². The molecule has 2 aliphatic heterocycles. The maximum atomic E-state index is 12.9. The maximum Gasteiger partial charge on any atom is 0.253 e. The minimum absolute atomic E-state index is 0.00307. The van der Waals surface area contributed by atoms with E-state index in [1.807, 2.05) is 22.4 Å². The molecule has 1 unspecified atom stereocenters. The molecule has 0 spiro atoms. The van der Waals surface area contributed by atoms with E-state index in [2.05, 4.69) is 10.3 Å². The van der Waals surface area contributed by atoms with Crippen molar-refractivity contribution in [3.05, 3.63) is 52.5 Å². The Labute approximate surface area is 180 Å². The lowest BCUT2D eigenvalue weighted by Gasteiger charge is -2.33. The van der Waals surface area contributed by atoms with E-state index < -0.39 is 0 Å². The van der Waals surface area contributed by atoms with Crippen LogP contribution in [0.4, 0.5) is 0 Å². The standard InChI is InChI=1S/C22H26N4O3S/c27-20(15-18-3-2-14-30-18)26-11-1-4-19(26)21(28)24-17-7-12-25(13-8-17)22(29)16-5-9-23-10-6-16/h2-3,5-6,9-10,14,17,19H,1,4,7-8,11-13,15H2,(H,24,28).